The van der Waals surface area contributed by atoms with Crippen LogP contribution in [0.1, 0.15) is 52.7 Å². The normalized spacial score (nSPS) is 12.2. The largest absolute Gasteiger partial charge is 0.484 e. The van der Waals surface area contributed by atoms with Gasteiger partial charge >= 0.3 is 0 Å². The molecule has 6 aromatic carbocycles. The second-order valence-electron chi connectivity index (χ2n) is 18.0. The molecule has 300 valence electrons. The van der Waals surface area contributed by atoms with Crippen molar-refractivity contribution in [3.05, 3.63) is 182 Å². The molecule has 0 aliphatic heterocycles. The van der Waals surface area contributed by atoms with Crippen LogP contribution in [0.15, 0.2) is 169 Å². The summed E-state index contributed by atoms with van der Waals surface area (Å²) in [5.74, 6) is 2.34. The lowest BCUT2D eigenvalue weighted by Crippen LogP contribution is -2.28. The van der Waals surface area contributed by atoms with E-state index in [4.69, 9.17) is 14.1 Å². The number of benzene rings is 6. The number of ether oxygens (including phenoxy) is 1. The van der Waals surface area contributed by atoms with Crippen LogP contribution in [0, 0.1) is 6.33 Å². The summed E-state index contributed by atoms with van der Waals surface area (Å²) in [6.07, 6.45) is 7.31. The van der Waals surface area contributed by atoms with Gasteiger partial charge in [-0.3, -0.25) is 8.97 Å². The molecule has 10 rings (SSSR count). The van der Waals surface area contributed by atoms with Crippen molar-refractivity contribution < 1.29 is 13.7 Å². The van der Waals surface area contributed by atoms with E-state index in [1.54, 1.807) is 0 Å². The zero-order chi connectivity index (χ0) is 42.0. The van der Waals surface area contributed by atoms with Crippen LogP contribution in [0.4, 0.5) is 0 Å². The maximum Gasteiger partial charge on any atom is 0.246 e. The van der Waals surface area contributed by atoms with Gasteiger partial charge in [0.25, 0.3) is 0 Å². The van der Waals surface area contributed by atoms with Gasteiger partial charge < -0.3 is 13.7 Å². The maximum absolute atomic E-state index is 6.72. The quantitative estimate of drug-likeness (QED) is 0.119. The molecule has 0 saturated heterocycles. The van der Waals surface area contributed by atoms with Crippen molar-refractivity contribution in [3.63, 3.8) is 0 Å². The Kier molecular flexibility index (Phi) is 9.06. The Morgan fingerprint density at radius 3 is 1.92 bits per heavy atom. The van der Waals surface area contributed by atoms with Crippen molar-refractivity contribution in [2.75, 3.05) is 0 Å². The third-order valence-corrected chi connectivity index (χ3v) is 11.8. The van der Waals surface area contributed by atoms with Gasteiger partial charge in [-0.05, 0) is 104 Å². The number of oxazole rings is 1. The average Bonchev–Trinajstić information content (AvgIpc) is 3.92. The molecular weight excluding hydrogens is 749 g/mol. The number of pyridine rings is 1. The molecule has 0 aliphatic carbocycles. The van der Waals surface area contributed by atoms with Gasteiger partial charge in [0.05, 0.1) is 30.0 Å². The SMILES string of the molecule is C[n+]1[c-]n2c(-c3cccc(Oc4ccc5c6cc(C(C)(C)C)ccc6n(-c6cc(C(C)(C)C)ccn6)c5c4)c3)coc2c1-c1c(-c2ccccc2)cccc1-c1ccccc1. The van der Waals surface area contributed by atoms with Crippen LogP contribution < -0.4 is 9.30 Å². The Balaban J connectivity index is 1.06. The molecule has 6 heteroatoms. The highest BCUT2D eigenvalue weighted by atomic mass is 16.5. The van der Waals surface area contributed by atoms with E-state index in [-0.39, 0.29) is 10.8 Å². The molecule has 0 saturated carbocycles. The molecule has 4 aromatic heterocycles. The zero-order valence-electron chi connectivity index (χ0n) is 35.7. The molecule has 0 N–H and O–H groups in total. The number of imidazole rings is 1. The molecule has 6 nitrogen and oxygen atoms in total. The number of rotatable bonds is 7. The summed E-state index contributed by atoms with van der Waals surface area (Å²) in [4.78, 5) is 4.92. The van der Waals surface area contributed by atoms with Gasteiger partial charge in [0.15, 0.2) is 0 Å². The molecule has 0 unspecified atom stereocenters. The maximum atomic E-state index is 6.72. The van der Waals surface area contributed by atoms with Crippen LogP contribution in [0.2, 0.25) is 0 Å². The van der Waals surface area contributed by atoms with Crippen LogP contribution in [-0.2, 0) is 17.9 Å². The topological polar surface area (TPSA) is 48.5 Å². The Morgan fingerprint density at radius 1 is 0.590 bits per heavy atom. The monoisotopic (exact) mass is 796 g/mol. The lowest BCUT2D eigenvalue weighted by atomic mass is 9.86. The van der Waals surface area contributed by atoms with Gasteiger partial charge in [0.2, 0.25) is 12.0 Å². The number of aryl methyl sites for hydroxylation is 1. The molecule has 61 heavy (non-hydrogen) atoms. The van der Waals surface area contributed by atoms with E-state index >= 15 is 0 Å². The molecule has 0 radical (unpaired) electrons. The van der Waals surface area contributed by atoms with E-state index in [1.165, 1.54) is 16.5 Å². The van der Waals surface area contributed by atoms with Crippen molar-refractivity contribution in [1.82, 2.24) is 14.0 Å². The van der Waals surface area contributed by atoms with Crippen molar-refractivity contribution in [3.8, 4) is 62.1 Å². The molecule has 0 fully saturated rings. The number of hydrogen-bond donors (Lipinski definition) is 0. The fraction of sp³-hybridized carbons (Fsp3) is 0.164. The Hall–Kier alpha value is -7.18. The molecule has 0 bridgehead atoms. The third kappa shape index (κ3) is 6.78. The van der Waals surface area contributed by atoms with Gasteiger partial charge in [-0.1, -0.05) is 139 Å². The van der Waals surface area contributed by atoms with Crippen molar-refractivity contribution in [2.24, 2.45) is 7.05 Å². The van der Waals surface area contributed by atoms with E-state index < -0.39 is 0 Å². The molecule has 0 aliphatic rings. The zero-order valence-corrected chi connectivity index (χ0v) is 35.7. The van der Waals surface area contributed by atoms with Gasteiger partial charge in [-0.25, -0.2) is 4.98 Å². The summed E-state index contributed by atoms with van der Waals surface area (Å²) in [6, 6.07) is 53.3. The van der Waals surface area contributed by atoms with Crippen LogP contribution in [0.3, 0.4) is 0 Å². The molecule has 0 atom stereocenters. The average molecular weight is 797 g/mol. The summed E-state index contributed by atoms with van der Waals surface area (Å²) in [7, 11) is 2.03. The summed E-state index contributed by atoms with van der Waals surface area (Å²) < 4.78 is 19.6. The first kappa shape index (κ1) is 38.0. The predicted octanol–water partition coefficient (Wildman–Crippen LogP) is 13.7. The molecule has 4 heterocycles. The number of hydrogen-bond acceptors (Lipinski definition) is 3. The second kappa shape index (κ2) is 14.5. The molecule has 0 spiro atoms. The van der Waals surface area contributed by atoms with Crippen LogP contribution >= 0.6 is 0 Å². The Labute approximate surface area is 357 Å². The summed E-state index contributed by atoms with van der Waals surface area (Å²) in [5.41, 5.74) is 13.7. The first-order valence-electron chi connectivity index (χ1n) is 20.9. The van der Waals surface area contributed by atoms with E-state index in [0.717, 1.165) is 72.8 Å². The van der Waals surface area contributed by atoms with Crippen LogP contribution in [-0.4, -0.2) is 14.0 Å². The second-order valence-corrected chi connectivity index (χ2v) is 18.0. The Morgan fingerprint density at radius 2 is 1.23 bits per heavy atom. The van der Waals surface area contributed by atoms with E-state index in [0.29, 0.717) is 11.5 Å². The van der Waals surface area contributed by atoms with Gasteiger partial charge in [0.1, 0.15) is 23.0 Å². The molecule has 10 aromatic rings. The minimum Gasteiger partial charge on any atom is -0.484 e. The number of fused-ring (bicyclic) bond motifs is 4. The van der Waals surface area contributed by atoms with Crippen molar-refractivity contribution in [1.29, 1.82) is 0 Å². The van der Waals surface area contributed by atoms with Gasteiger partial charge in [-0.2, -0.15) is 0 Å². The minimum atomic E-state index is -0.0230. The Bertz CT molecular complexity index is 3190. The highest BCUT2D eigenvalue weighted by Gasteiger charge is 2.24. The minimum absolute atomic E-state index is 0.0107. The van der Waals surface area contributed by atoms with Crippen LogP contribution in [0.5, 0.6) is 11.5 Å². The smallest absolute Gasteiger partial charge is 0.246 e. The first-order valence-corrected chi connectivity index (χ1v) is 20.9. The predicted molar refractivity (Wildman–Crippen MR) is 247 cm³/mol. The highest BCUT2D eigenvalue weighted by molar-refractivity contribution is 6.10. The van der Waals surface area contributed by atoms with Crippen molar-refractivity contribution >= 4 is 27.5 Å². The van der Waals surface area contributed by atoms with E-state index in [2.05, 4.69) is 192 Å². The molecular formula is C55H48N4O2. The standard InChI is InChI=1S/C55H48N4O2/c1-54(2,3)39-24-27-47-46(31-39)45-26-25-42(33-48(45)59(47)50-32-40(28-29-56-50)55(4,5)6)61-41-21-14-20-38(30-41)49-34-60-53-52(57(7)35-58(49)53)51-43(36-16-10-8-11-17-36)22-15-23-44(51)37-18-12-9-13-19-37/h8-34H,1-7H3. The summed E-state index contributed by atoms with van der Waals surface area (Å²) >= 11 is 0. The van der Waals surface area contributed by atoms with Gasteiger partial charge in [-0.15, -0.1) is 0 Å². The fourth-order valence-corrected chi connectivity index (χ4v) is 8.57. The molecule has 0 amide bonds. The van der Waals surface area contributed by atoms with Crippen LogP contribution in [0.25, 0.3) is 78.1 Å². The number of nitrogens with zero attached hydrogens (tertiary/aromatic N) is 4. The lowest BCUT2D eigenvalue weighted by Gasteiger charge is -2.20. The fourth-order valence-electron chi connectivity index (χ4n) is 8.57. The van der Waals surface area contributed by atoms with E-state index in [9.17, 15) is 0 Å². The third-order valence-electron chi connectivity index (χ3n) is 11.8. The van der Waals surface area contributed by atoms with Gasteiger partial charge in [0, 0.05) is 23.0 Å². The summed E-state index contributed by atoms with van der Waals surface area (Å²) in [6.45, 7) is 13.5. The highest BCUT2D eigenvalue weighted by Crippen LogP contribution is 2.42. The summed E-state index contributed by atoms with van der Waals surface area (Å²) in [5, 5.41) is 2.35. The van der Waals surface area contributed by atoms with E-state index in [1.807, 2.05) is 40.6 Å². The van der Waals surface area contributed by atoms with Crippen molar-refractivity contribution in [2.45, 2.75) is 52.4 Å². The lowest BCUT2D eigenvalue weighted by molar-refractivity contribution is -0.663. The number of aromatic nitrogens is 4. The first-order chi connectivity index (χ1) is 29.4.